The molecule has 5 heteroatoms. The van der Waals surface area contributed by atoms with Crippen LogP contribution in [0.25, 0.3) is 0 Å². The van der Waals surface area contributed by atoms with Crippen molar-refractivity contribution in [3.8, 4) is 0 Å². The van der Waals surface area contributed by atoms with Gasteiger partial charge in [-0.1, -0.05) is 69.3 Å². The molecule has 37 heavy (non-hydrogen) atoms. The number of nitrogens with zero attached hydrogens (tertiary/aromatic N) is 2. The lowest BCUT2D eigenvalue weighted by molar-refractivity contribution is 0.000955. The van der Waals surface area contributed by atoms with Crippen LogP contribution in [0.1, 0.15) is 50.3 Å². The minimum Gasteiger partial charge on any atom is -0.445 e. The molecule has 4 nitrogen and oxygen atoms in total. The van der Waals surface area contributed by atoms with E-state index in [2.05, 4.69) is 49.9 Å². The fraction of sp³-hybridized carbons (Fsp3) is 0.406. The van der Waals surface area contributed by atoms with Crippen molar-refractivity contribution in [2.75, 3.05) is 18.0 Å². The summed E-state index contributed by atoms with van der Waals surface area (Å²) in [4.78, 5) is 17.8. The molecule has 1 aliphatic carbocycles. The molecule has 1 saturated heterocycles. The highest BCUT2D eigenvalue weighted by atomic mass is 19.1. The number of piperidine rings is 1. The van der Waals surface area contributed by atoms with E-state index in [9.17, 15) is 9.18 Å². The van der Waals surface area contributed by atoms with Gasteiger partial charge in [-0.2, -0.15) is 0 Å². The van der Waals surface area contributed by atoms with Gasteiger partial charge in [0.2, 0.25) is 0 Å². The van der Waals surface area contributed by atoms with Crippen LogP contribution in [-0.2, 0) is 16.7 Å². The predicted octanol–water partition coefficient (Wildman–Crippen LogP) is 7.62. The molecule has 2 aliphatic rings. The van der Waals surface area contributed by atoms with Gasteiger partial charge in [-0.15, -0.1) is 0 Å². The third kappa shape index (κ3) is 5.42. The number of hydrogen-bond acceptors (Lipinski definition) is 3. The molecular formula is C32H37FN2O2. The SMILES string of the molecule is Cc1c(F)cccc1N(C(=O)OC1C2CCC1CN(Cc1ccccc1)C2)c1ccc(C(C)(C)C)cc1. The van der Waals surface area contributed by atoms with Gasteiger partial charge in [0.05, 0.1) is 11.4 Å². The number of amides is 1. The molecular weight excluding hydrogens is 463 g/mol. The van der Waals surface area contributed by atoms with Gasteiger partial charge in [0, 0.05) is 37.0 Å². The Hall–Kier alpha value is -3.18. The van der Waals surface area contributed by atoms with Gasteiger partial charge in [0.1, 0.15) is 11.9 Å². The van der Waals surface area contributed by atoms with Crippen molar-refractivity contribution in [2.24, 2.45) is 11.8 Å². The highest BCUT2D eigenvalue weighted by molar-refractivity contribution is 5.97. The highest BCUT2D eigenvalue weighted by Crippen LogP contribution is 2.41. The Morgan fingerprint density at radius 3 is 2.22 bits per heavy atom. The van der Waals surface area contributed by atoms with Gasteiger partial charge in [-0.3, -0.25) is 4.90 Å². The maximum Gasteiger partial charge on any atom is 0.419 e. The summed E-state index contributed by atoms with van der Waals surface area (Å²) >= 11 is 0. The smallest absolute Gasteiger partial charge is 0.419 e. The van der Waals surface area contributed by atoms with Crippen molar-refractivity contribution in [1.82, 2.24) is 4.90 Å². The Balaban J connectivity index is 1.37. The van der Waals surface area contributed by atoms with Crippen molar-refractivity contribution in [1.29, 1.82) is 0 Å². The van der Waals surface area contributed by atoms with E-state index in [0.717, 1.165) is 32.5 Å². The van der Waals surface area contributed by atoms with E-state index in [-0.39, 0.29) is 17.3 Å². The highest BCUT2D eigenvalue weighted by Gasteiger charge is 2.45. The van der Waals surface area contributed by atoms with Crippen molar-refractivity contribution < 1.29 is 13.9 Å². The lowest BCUT2D eigenvalue weighted by Gasteiger charge is -2.38. The van der Waals surface area contributed by atoms with Gasteiger partial charge >= 0.3 is 6.09 Å². The van der Waals surface area contributed by atoms with E-state index in [1.807, 2.05) is 30.3 Å². The van der Waals surface area contributed by atoms with Gasteiger partial charge in [-0.25, -0.2) is 14.1 Å². The molecule has 2 unspecified atom stereocenters. The zero-order valence-corrected chi connectivity index (χ0v) is 22.3. The summed E-state index contributed by atoms with van der Waals surface area (Å²) in [5.41, 5.74) is 4.10. The summed E-state index contributed by atoms with van der Waals surface area (Å²) in [7, 11) is 0. The molecule has 194 valence electrons. The zero-order valence-electron chi connectivity index (χ0n) is 22.3. The van der Waals surface area contributed by atoms with Gasteiger partial charge in [-0.05, 0) is 60.6 Å². The molecule has 3 aromatic rings. The number of fused-ring (bicyclic) bond motifs is 2. The van der Waals surface area contributed by atoms with Crippen LogP contribution in [0.5, 0.6) is 0 Å². The second-order valence-corrected chi connectivity index (χ2v) is 11.6. The molecule has 1 amide bonds. The largest absolute Gasteiger partial charge is 0.445 e. The Labute approximate surface area is 220 Å². The standard InChI is InChI=1S/C32H37FN2O2/c1-22-28(33)11-8-12-29(22)35(27-17-15-26(16-18-27)32(2,3)4)31(36)37-30-24-13-14-25(30)21-34(20-24)19-23-9-6-5-7-10-23/h5-12,15-18,24-25,30H,13-14,19-21H2,1-4H3. The fourth-order valence-electron chi connectivity index (χ4n) is 5.89. The number of benzene rings is 3. The molecule has 0 aromatic heterocycles. The van der Waals surface area contributed by atoms with Gasteiger partial charge in [0.15, 0.2) is 0 Å². The van der Waals surface area contributed by atoms with Gasteiger partial charge < -0.3 is 4.74 Å². The number of likely N-dealkylation sites (tertiary alicyclic amines) is 1. The number of anilines is 2. The van der Waals surface area contributed by atoms with E-state index < -0.39 is 6.09 Å². The monoisotopic (exact) mass is 500 g/mol. The maximum atomic E-state index is 14.6. The van der Waals surface area contributed by atoms with Crippen LogP contribution < -0.4 is 4.90 Å². The first-order valence-electron chi connectivity index (χ1n) is 13.3. The summed E-state index contributed by atoms with van der Waals surface area (Å²) in [6.07, 6.45) is 1.57. The normalized spacial score (nSPS) is 21.6. The molecule has 0 radical (unpaired) electrons. The van der Waals surface area contributed by atoms with Crippen LogP contribution in [0.3, 0.4) is 0 Å². The molecule has 1 heterocycles. The van der Waals surface area contributed by atoms with Gasteiger partial charge in [0.25, 0.3) is 0 Å². The molecule has 2 fully saturated rings. The van der Waals surface area contributed by atoms with Crippen LogP contribution in [0.4, 0.5) is 20.6 Å². The molecule has 0 spiro atoms. The molecule has 0 N–H and O–H groups in total. The van der Waals surface area contributed by atoms with Crippen LogP contribution in [0.15, 0.2) is 72.8 Å². The Kier molecular flexibility index (Phi) is 7.09. The minimum atomic E-state index is -0.435. The van der Waals surface area contributed by atoms with Crippen LogP contribution in [0.2, 0.25) is 0 Å². The van der Waals surface area contributed by atoms with Crippen molar-refractivity contribution in [3.63, 3.8) is 0 Å². The summed E-state index contributed by atoms with van der Waals surface area (Å²) in [6.45, 7) is 10.9. The number of ether oxygens (including phenoxy) is 1. The molecule has 3 aromatic carbocycles. The lowest BCUT2D eigenvalue weighted by Crippen LogP contribution is -2.47. The van der Waals surface area contributed by atoms with Crippen LogP contribution in [-0.4, -0.2) is 30.2 Å². The van der Waals surface area contributed by atoms with E-state index in [1.54, 1.807) is 24.0 Å². The maximum absolute atomic E-state index is 14.6. The first-order valence-corrected chi connectivity index (χ1v) is 13.3. The third-order valence-corrected chi connectivity index (χ3v) is 7.96. The van der Waals surface area contributed by atoms with E-state index >= 15 is 0 Å². The predicted molar refractivity (Wildman–Crippen MR) is 147 cm³/mol. The van der Waals surface area contributed by atoms with Crippen molar-refractivity contribution in [2.45, 2.75) is 58.6 Å². The third-order valence-electron chi connectivity index (χ3n) is 7.96. The average Bonchev–Trinajstić information content (AvgIpc) is 3.09. The number of carbonyl (C=O) groups excluding carboxylic acids is 1. The van der Waals surface area contributed by atoms with E-state index in [1.165, 1.54) is 17.2 Å². The van der Waals surface area contributed by atoms with Crippen LogP contribution >= 0.6 is 0 Å². The summed E-state index contributed by atoms with van der Waals surface area (Å²) < 4.78 is 20.8. The van der Waals surface area contributed by atoms with E-state index in [4.69, 9.17) is 4.74 Å². The first-order chi connectivity index (χ1) is 17.7. The van der Waals surface area contributed by atoms with Crippen molar-refractivity contribution >= 4 is 17.5 Å². The zero-order chi connectivity index (χ0) is 26.2. The second-order valence-electron chi connectivity index (χ2n) is 11.6. The second kappa shape index (κ2) is 10.3. The molecule has 1 saturated carbocycles. The Bertz CT molecular complexity index is 1220. The fourth-order valence-corrected chi connectivity index (χ4v) is 5.89. The average molecular weight is 501 g/mol. The molecule has 2 bridgehead atoms. The first kappa shape index (κ1) is 25.5. The molecule has 1 aliphatic heterocycles. The summed E-state index contributed by atoms with van der Waals surface area (Å²) in [5.74, 6) is 0.283. The summed E-state index contributed by atoms with van der Waals surface area (Å²) in [5, 5.41) is 0. The topological polar surface area (TPSA) is 32.8 Å². The molecule has 5 rings (SSSR count). The number of rotatable bonds is 5. The molecule has 2 atom stereocenters. The Morgan fingerprint density at radius 2 is 1.59 bits per heavy atom. The van der Waals surface area contributed by atoms with E-state index in [0.29, 0.717) is 28.8 Å². The minimum absolute atomic E-state index is 0.00838. The Morgan fingerprint density at radius 1 is 0.946 bits per heavy atom. The summed E-state index contributed by atoms with van der Waals surface area (Å²) in [6, 6.07) is 23.3. The number of carbonyl (C=O) groups is 1. The number of hydrogen-bond donors (Lipinski definition) is 0. The number of halogens is 1. The lowest BCUT2D eigenvalue weighted by atomic mass is 9.87. The quantitative estimate of drug-likeness (QED) is 0.361. The van der Waals surface area contributed by atoms with Crippen LogP contribution in [0, 0.1) is 24.6 Å². The van der Waals surface area contributed by atoms with Crippen molar-refractivity contribution in [3.05, 3.63) is 95.3 Å².